The first kappa shape index (κ1) is 21.8. The average Bonchev–Trinajstić information content (AvgIpc) is 2.58. The zero-order valence-electron chi connectivity index (χ0n) is 15.6. The highest BCUT2D eigenvalue weighted by molar-refractivity contribution is 5.97. The molecule has 0 aliphatic heterocycles. The maximum atomic E-state index is 12.2. The topological polar surface area (TPSA) is 122 Å². The smallest absolute Gasteiger partial charge is 0.333 e. The summed E-state index contributed by atoms with van der Waals surface area (Å²) in [7, 11) is 0. The summed E-state index contributed by atoms with van der Waals surface area (Å²) in [6.07, 6.45) is 0.948. The first-order valence-corrected chi connectivity index (χ1v) is 8.52. The number of nitrogens with two attached hydrogens (primary N) is 2. The molecule has 1 aromatic rings. The Balaban J connectivity index is 2.49. The van der Waals surface area contributed by atoms with Gasteiger partial charge in [0.2, 0.25) is 0 Å². The molecule has 0 aromatic heterocycles. The van der Waals surface area contributed by atoms with Crippen LogP contribution in [0.4, 0.5) is 0 Å². The van der Waals surface area contributed by atoms with Crippen molar-refractivity contribution in [1.29, 1.82) is 0 Å². The third-order valence-corrected chi connectivity index (χ3v) is 3.62. The molecule has 26 heavy (non-hydrogen) atoms. The highest BCUT2D eigenvalue weighted by Crippen LogP contribution is 2.15. The highest BCUT2D eigenvalue weighted by atomic mass is 16.6. The summed E-state index contributed by atoms with van der Waals surface area (Å²) in [6, 6.07) is 8.23. The molecular weight excluding hydrogens is 336 g/mol. The Hall–Kier alpha value is -2.25. The fourth-order valence-corrected chi connectivity index (χ4v) is 2.18. The van der Waals surface area contributed by atoms with Crippen molar-refractivity contribution in [1.82, 2.24) is 0 Å². The lowest BCUT2D eigenvalue weighted by molar-refractivity contribution is -0.156. The summed E-state index contributed by atoms with van der Waals surface area (Å²) in [6.45, 7) is 5.27. The third-order valence-electron chi connectivity index (χ3n) is 3.62. The van der Waals surface area contributed by atoms with Crippen LogP contribution >= 0.6 is 0 Å². The minimum atomic E-state index is -1.76. The Kier molecular flexibility index (Phi) is 7.92. The fourth-order valence-electron chi connectivity index (χ4n) is 2.18. The second-order valence-corrected chi connectivity index (χ2v) is 7.25. The Morgan fingerprint density at radius 3 is 2.35 bits per heavy atom. The van der Waals surface area contributed by atoms with Crippen LogP contribution in [0, 0.1) is 0 Å². The number of benzene rings is 1. The molecule has 0 amide bonds. The molecule has 2 atom stereocenters. The first-order chi connectivity index (χ1) is 12.1. The van der Waals surface area contributed by atoms with Crippen LogP contribution in [-0.2, 0) is 30.5 Å². The van der Waals surface area contributed by atoms with Crippen LogP contribution in [0.15, 0.2) is 30.3 Å². The van der Waals surface area contributed by atoms with E-state index in [-0.39, 0.29) is 19.4 Å². The van der Waals surface area contributed by atoms with Gasteiger partial charge in [0, 0.05) is 0 Å². The zero-order valence-corrected chi connectivity index (χ0v) is 15.6. The number of carbonyl (C=O) groups excluding carboxylic acids is 3. The van der Waals surface area contributed by atoms with Gasteiger partial charge in [-0.3, -0.25) is 4.79 Å². The molecule has 1 rings (SSSR count). The Morgan fingerprint density at radius 1 is 1.19 bits per heavy atom. The normalized spacial score (nSPS) is 14.8. The van der Waals surface area contributed by atoms with Crippen LogP contribution in [-0.4, -0.2) is 35.4 Å². The molecule has 0 aliphatic rings. The van der Waals surface area contributed by atoms with Crippen LogP contribution in [0.2, 0.25) is 0 Å². The molecule has 1 unspecified atom stereocenters. The highest BCUT2D eigenvalue weighted by Gasteiger charge is 2.35. The number of hydrogen-bond acceptors (Lipinski definition) is 7. The van der Waals surface area contributed by atoms with E-state index in [2.05, 4.69) is 0 Å². The van der Waals surface area contributed by atoms with Crippen molar-refractivity contribution in [3.63, 3.8) is 0 Å². The quantitative estimate of drug-likeness (QED) is 0.386. The van der Waals surface area contributed by atoms with E-state index in [1.807, 2.05) is 18.2 Å². The largest absolute Gasteiger partial charge is 0.459 e. The summed E-state index contributed by atoms with van der Waals surface area (Å²) >= 11 is 0. The van der Waals surface area contributed by atoms with Gasteiger partial charge in [-0.1, -0.05) is 30.3 Å². The molecule has 7 nitrogen and oxygen atoms in total. The van der Waals surface area contributed by atoms with Crippen LogP contribution in [0.25, 0.3) is 0 Å². The van der Waals surface area contributed by atoms with Gasteiger partial charge in [0.25, 0.3) is 0 Å². The number of carbonyl (C=O) groups is 3. The zero-order chi connectivity index (χ0) is 19.8. The monoisotopic (exact) mass is 364 g/mol. The molecule has 144 valence electrons. The molecule has 0 aliphatic carbocycles. The van der Waals surface area contributed by atoms with Crippen LogP contribution in [0.3, 0.4) is 0 Å². The predicted molar refractivity (Wildman–Crippen MR) is 96.9 cm³/mol. The van der Waals surface area contributed by atoms with Gasteiger partial charge in [-0.05, 0) is 45.6 Å². The number of hydrogen-bond donors (Lipinski definition) is 2. The van der Waals surface area contributed by atoms with Gasteiger partial charge in [-0.2, -0.15) is 0 Å². The van der Waals surface area contributed by atoms with Crippen molar-refractivity contribution in [2.45, 2.75) is 63.8 Å². The summed E-state index contributed by atoms with van der Waals surface area (Å²) in [5.41, 5.74) is 10.1. The molecule has 0 bridgehead atoms. The van der Waals surface area contributed by atoms with E-state index in [4.69, 9.17) is 20.9 Å². The van der Waals surface area contributed by atoms with Gasteiger partial charge in [0.15, 0.2) is 11.8 Å². The molecule has 4 N–H and O–H groups in total. The summed E-state index contributed by atoms with van der Waals surface area (Å²) in [5, 5.41) is 0. The van der Waals surface area contributed by atoms with Crippen LogP contribution < -0.4 is 11.5 Å². The molecule has 0 saturated carbocycles. The van der Waals surface area contributed by atoms with Crippen molar-refractivity contribution < 1.29 is 23.9 Å². The maximum absolute atomic E-state index is 12.2. The minimum absolute atomic E-state index is 0.0284. The lowest BCUT2D eigenvalue weighted by Gasteiger charge is -2.23. The van der Waals surface area contributed by atoms with Gasteiger partial charge < -0.3 is 25.7 Å². The number of rotatable bonds is 9. The van der Waals surface area contributed by atoms with Crippen molar-refractivity contribution in [3.05, 3.63) is 35.9 Å². The maximum Gasteiger partial charge on any atom is 0.333 e. The number of ether oxygens (including phenoxy) is 2. The lowest BCUT2D eigenvalue weighted by Crippen LogP contribution is -2.50. The van der Waals surface area contributed by atoms with Gasteiger partial charge in [0.1, 0.15) is 18.2 Å². The second-order valence-electron chi connectivity index (χ2n) is 7.25. The lowest BCUT2D eigenvalue weighted by atomic mass is 9.94. The molecular formula is C19H28N2O5. The van der Waals surface area contributed by atoms with Gasteiger partial charge in [-0.15, -0.1) is 0 Å². The van der Waals surface area contributed by atoms with E-state index in [9.17, 15) is 14.4 Å². The molecule has 0 spiro atoms. The van der Waals surface area contributed by atoms with Gasteiger partial charge >= 0.3 is 11.9 Å². The molecule has 1 aromatic carbocycles. The van der Waals surface area contributed by atoms with Crippen molar-refractivity contribution in [2.24, 2.45) is 11.5 Å². The average molecular weight is 364 g/mol. The summed E-state index contributed by atoms with van der Waals surface area (Å²) in [4.78, 5) is 35.3. The van der Waals surface area contributed by atoms with E-state index in [1.54, 1.807) is 32.9 Å². The van der Waals surface area contributed by atoms with Crippen LogP contribution in [0.5, 0.6) is 0 Å². The molecule has 7 heteroatoms. The van der Waals surface area contributed by atoms with Crippen molar-refractivity contribution in [2.75, 3.05) is 0 Å². The molecule has 0 radical (unpaired) electrons. The van der Waals surface area contributed by atoms with E-state index < -0.39 is 29.1 Å². The van der Waals surface area contributed by atoms with E-state index in [0.29, 0.717) is 12.7 Å². The van der Waals surface area contributed by atoms with Gasteiger partial charge in [0.05, 0.1) is 0 Å². The number of aldehydes is 1. The van der Waals surface area contributed by atoms with Crippen molar-refractivity contribution >= 4 is 18.2 Å². The Bertz CT molecular complexity index is 612. The molecule has 0 heterocycles. The first-order valence-electron chi connectivity index (χ1n) is 8.52. The second kappa shape index (κ2) is 9.45. The van der Waals surface area contributed by atoms with E-state index in [0.717, 1.165) is 5.56 Å². The van der Waals surface area contributed by atoms with Crippen molar-refractivity contribution in [3.8, 4) is 0 Å². The summed E-state index contributed by atoms with van der Waals surface area (Å²) in [5.74, 6) is -1.33. The van der Waals surface area contributed by atoms with E-state index in [1.165, 1.54) is 0 Å². The third kappa shape index (κ3) is 7.33. The predicted octanol–water partition coefficient (Wildman–Crippen LogP) is 1.47. The standard InChI is InChI=1S/C19H28N2O5/c1-18(2,3)26-16(23)15(20)10-7-11-19(21,13-22)17(24)25-12-14-8-5-4-6-9-14/h4-6,8-9,13,15H,7,10-12,20-21H2,1-3H3/t15?,19-/m0/s1. The summed E-state index contributed by atoms with van der Waals surface area (Å²) < 4.78 is 10.3. The minimum Gasteiger partial charge on any atom is -0.459 e. The number of esters is 2. The fraction of sp³-hybridized carbons (Fsp3) is 0.526. The van der Waals surface area contributed by atoms with Gasteiger partial charge in [-0.25, -0.2) is 4.79 Å². The Labute approximate surface area is 154 Å². The molecule has 0 fully saturated rings. The van der Waals surface area contributed by atoms with E-state index >= 15 is 0 Å². The SMILES string of the molecule is CC(C)(C)OC(=O)C(N)CCC[C@](N)(C=O)C(=O)OCc1ccccc1. The Morgan fingerprint density at radius 2 is 1.81 bits per heavy atom. The van der Waals surface area contributed by atoms with Crippen LogP contribution in [0.1, 0.15) is 45.6 Å². The molecule has 0 saturated heterocycles.